The number of carbonyl (C=O) groups excluding carboxylic acids is 2. The lowest BCUT2D eigenvalue weighted by molar-refractivity contribution is -0.124. The summed E-state index contributed by atoms with van der Waals surface area (Å²) < 4.78 is 21.0. The highest BCUT2D eigenvalue weighted by Gasteiger charge is 2.29. The zero-order valence-electron chi connectivity index (χ0n) is 19.9. The number of rotatable bonds is 10. The summed E-state index contributed by atoms with van der Waals surface area (Å²) in [7, 11) is -4.89. The molecule has 3 rings (SSSR count). The van der Waals surface area contributed by atoms with Crippen molar-refractivity contribution < 1.29 is 32.9 Å². The van der Waals surface area contributed by atoms with Crippen molar-refractivity contribution in [1.82, 2.24) is 10.6 Å². The molecular formula is C23H32N3O8P. The van der Waals surface area contributed by atoms with Gasteiger partial charge in [-0.2, -0.15) is 0 Å². The van der Waals surface area contributed by atoms with Crippen LogP contribution in [0.2, 0.25) is 0 Å². The van der Waals surface area contributed by atoms with Gasteiger partial charge in [0.15, 0.2) is 0 Å². The number of carbonyl (C=O) groups is 2. The number of nitrogens with zero attached hydrogens (tertiary/aromatic N) is 1. The van der Waals surface area contributed by atoms with Crippen LogP contribution in [0.1, 0.15) is 56.3 Å². The van der Waals surface area contributed by atoms with Crippen molar-refractivity contribution in [2.45, 2.75) is 58.0 Å². The molecule has 0 saturated heterocycles. The summed E-state index contributed by atoms with van der Waals surface area (Å²) in [5.74, 6) is -1.56. The van der Waals surface area contributed by atoms with Gasteiger partial charge in [0.2, 0.25) is 5.91 Å². The Morgan fingerprint density at radius 2 is 1.86 bits per heavy atom. The van der Waals surface area contributed by atoms with E-state index in [0.717, 1.165) is 50.9 Å². The molecule has 1 unspecified atom stereocenters. The predicted molar refractivity (Wildman–Crippen MR) is 130 cm³/mol. The van der Waals surface area contributed by atoms with E-state index in [9.17, 15) is 18.9 Å². The Hall–Kier alpha value is -2.72. The van der Waals surface area contributed by atoms with Crippen molar-refractivity contribution >= 4 is 36.3 Å². The fraction of sp³-hybridized carbons (Fsp3) is 0.522. The minimum absolute atomic E-state index is 0.101. The first-order valence-electron chi connectivity index (χ1n) is 11.8. The van der Waals surface area contributed by atoms with Gasteiger partial charge in [0, 0.05) is 36.3 Å². The fourth-order valence-corrected chi connectivity index (χ4v) is 4.53. The molecule has 1 aliphatic rings. The number of nitrogens with one attached hydrogen (secondary N) is 2. The standard InChI is InChI=1S/C23H32N3O8P/c1-3-26(4-2)17-11-10-15-12-18(23(29)34-20(15)13-17)21(27)25-19(14-33-35(30,31)32)22(28)24-16-8-6-5-7-9-16/h10-13,16,19H,3-9,14H2,1-2H3,(H,24,28)(H,25,27)(H2,30,31,32). The molecule has 2 aromatic rings. The molecular weight excluding hydrogens is 477 g/mol. The van der Waals surface area contributed by atoms with Crippen LogP contribution in [-0.4, -0.2) is 53.4 Å². The Kier molecular flexibility index (Phi) is 9.07. The van der Waals surface area contributed by atoms with E-state index in [1.165, 1.54) is 6.07 Å². The third-order valence-electron chi connectivity index (χ3n) is 6.08. The highest BCUT2D eigenvalue weighted by molar-refractivity contribution is 7.46. The van der Waals surface area contributed by atoms with Gasteiger partial charge in [-0.05, 0) is 44.9 Å². The van der Waals surface area contributed by atoms with Crippen LogP contribution in [0.4, 0.5) is 5.69 Å². The molecule has 1 heterocycles. The Morgan fingerprint density at radius 3 is 2.49 bits per heavy atom. The molecule has 1 fully saturated rings. The first-order chi connectivity index (χ1) is 16.6. The maximum Gasteiger partial charge on any atom is 0.469 e. The summed E-state index contributed by atoms with van der Waals surface area (Å²) in [5, 5.41) is 5.67. The Morgan fingerprint density at radius 1 is 1.17 bits per heavy atom. The van der Waals surface area contributed by atoms with Crippen LogP contribution in [0, 0.1) is 0 Å². The van der Waals surface area contributed by atoms with E-state index in [1.54, 1.807) is 12.1 Å². The highest BCUT2D eigenvalue weighted by atomic mass is 31.2. The summed E-state index contributed by atoms with van der Waals surface area (Å²) in [5.41, 5.74) is -0.0435. The van der Waals surface area contributed by atoms with Gasteiger partial charge in [0.25, 0.3) is 5.91 Å². The summed E-state index contributed by atoms with van der Waals surface area (Å²) in [4.78, 5) is 58.5. The molecule has 1 aromatic carbocycles. The summed E-state index contributed by atoms with van der Waals surface area (Å²) in [6.07, 6.45) is 4.52. The zero-order chi connectivity index (χ0) is 25.6. The molecule has 1 aliphatic carbocycles. The summed E-state index contributed by atoms with van der Waals surface area (Å²) >= 11 is 0. The first kappa shape index (κ1) is 26.9. The number of fused-ring (bicyclic) bond motifs is 1. The largest absolute Gasteiger partial charge is 0.469 e. The third kappa shape index (κ3) is 7.38. The molecule has 0 spiro atoms. The van der Waals surface area contributed by atoms with Crippen LogP contribution in [0.15, 0.2) is 33.5 Å². The Balaban J connectivity index is 1.81. The Labute approximate surface area is 203 Å². The molecule has 1 atom stereocenters. The maximum absolute atomic E-state index is 12.9. The second kappa shape index (κ2) is 11.8. The van der Waals surface area contributed by atoms with Gasteiger partial charge < -0.3 is 29.7 Å². The molecule has 12 heteroatoms. The summed E-state index contributed by atoms with van der Waals surface area (Å²) in [6.45, 7) is 4.80. The van der Waals surface area contributed by atoms with Gasteiger partial charge in [-0.1, -0.05) is 19.3 Å². The third-order valence-corrected chi connectivity index (χ3v) is 6.56. The lowest BCUT2D eigenvalue weighted by atomic mass is 9.95. The van der Waals surface area contributed by atoms with Crippen molar-refractivity contribution in [3.8, 4) is 0 Å². The van der Waals surface area contributed by atoms with Gasteiger partial charge in [-0.15, -0.1) is 0 Å². The number of hydrogen-bond acceptors (Lipinski definition) is 7. The minimum Gasteiger partial charge on any atom is -0.422 e. The molecule has 11 nitrogen and oxygen atoms in total. The topological polar surface area (TPSA) is 158 Å². The zero-order valence-corrected chi connectivity index (χ0v) is 20.8. The second-order valence-corrected chi connectivity index (χ2v) is 9.74. The number of hydrogen-bond donors (Lipinski definition) is 4. The number of phosphoric ester groups is 1. The van der Waals surface area contributed by atoms with Crippen molar-refractivity contribution in [3.05, 3.63) is 40.2 Å². The van der Waals surface area contributed by atoms with Crippen LogP contribution in [0.3, 0.4) is 0 Å². The average molecular weight is 509 g/mol. The number of anilines is 1. The first-order valence-corrected chi connectivity index (χ1v) is 13.3. The SMILES string of the molecule is CCN(CC)c1ccc2cc(C(=O)NC(COP(=O)(O)O)C(=O)NC3CCCCC3)c(=O)oc2c1. The van der Waals surface area contributed by atoms with Gasteiger partial charge in [0.05, 0.1) is 6.61 Å². The molecule has 0 radical (unpaired) electrons. The van der Waals surface area contributed by atoms with E-state index in [-0.39, 0.29) is 11.6 Å². The van der Waals surface area contributed by atoms with E-state index in [0.29, 0.717) is 11.0 Å². The van der Waals surface area contributed by atoms with Gasteiger partial charge in [-0.25, -0.2) is 9.36 Å². The van der Waals surface area contributed by atoms with Gasteiger partial charge in [-0.3, -0.25) is 14.1 Å². The predicted octanol–water partition coefficient (Wildman–Crippen LogP) is 2.30. The smallest absolute Gasteiger partial charge is 0.422 e. The molecule has 35 heavy (non-hydrogen) atoms. The van der Waals surface area contributed by atoms with E-state index in [1.807, 2.05) is 19.9 Å². The van der Waals surface area contributed by atoms with Crippen molar-refractivity contribution in [1.29, 1.82) is 0 Å². The van der Waals surface area contributed by atoms with Crippen molar-refractivity contribution in [2.75, 3.05) is 24.6 Å². The highest BCUT2D eigenvalue weighted by Crippen LogP contribution is 2.35. The van der Waals surface area contributed by atoms with E-state index < -0.39 is 37.9 Å². The van der Waals surface area contributed by atoms with Crippen LogP contribution < -0.4 is 21.2 Å². The van der Waals surface area contributed by atoms with Crippen molar-refractivity contribution in [3.63, 3.8) is 0 Å². The molecule has 192 valence electrons. The van der Waals surface area contributed by atoms with Crippen LogP contribution in [0.5, 0.6) is 0 Å². The normalized spacial score (nSPS) is 15.5. The van der Waals surface area contributed by atoms with E-state index in [4.69, 9.17) is 14.2 Å². The van der Waals surface area contributed by atoms with Crippen molar-refractivity contribution in [2.24, 2.45) is 0 Å². The lowest BCUT2D eigenvalue weighted by Gasteiger charge is -2.26. The number of phosphoric acid groups is 1. The number of amides is 2. The summed E-state index contributed by atoms with van der Waals surface area (Å²) in [6, 6.07) is 5.15. The van der Waals surface area contributed by atoms with Crippen LogP contribution in [-0.2, 0) is 13.9 Å². The fourth-order valence-electron chi connectivity index (χ4n) is 4.18. The molecule has 4 N–H and O–H groups in total. The monoisotopic (exact) mass is 509 g/mol. The van der Waals surface area contributed by atoms with Crippen LogP contribution in [0.25, 0.3) is 11.0 Å². The van der Waals surface area contributed by atoms with Crippen LogP contribution >= 0.6 is 7.82 Å². The van der Waals surface area contributed by atoms with E-state index >= 15 is 0 Å². The second-order valence-electron chi connectivity index (χ2n) is 8.50. The molecule has 0 bridgehead atoms. The maximum atomic E-state index is 12.9. The average Bonchev–Trinajstić information content (AvgIpc) is 2.81. The van der Waals surface area contributed by atoms with Gasteiger partial charge in [0.1, 0.15) is 17.2 Å². The van der Waals surface area contributed by atoms with Gasteiger partial charge >= 0.3 is 13.4 Å². The lowest BCUT2D eigenvalue weighted by Crippen LogP contribution is -2.52. The molecule has 1 saturated carbocycles. The quantitative estimate of drug-likeness (QED) is 0.278. The molecule has 1 aromatic heterocycles. The minimum atomic E-state index is -4.89. The molecule has 2 amide bonds. The number of benzene rings is 1. The molecule has 0 aliphatic heterocycles. The van der Waals surface area contributed by atoms with E-state index in [2.05, 4.69) is 20.1 Å². The Bertz CT molecular complexity index is 1150.